The van der Waals surface area contributed by atoms with E-state index in [4.69, 9.17) is 0 Å². The first-order chi connectivity index (χ1) is 9.28. The normalized spacial score (nSPS) is 20.9. The molecule has 0 bridgehead atoms. The number of hydrogen-bond donors (Lipinski definition) is 1. The van der Waals surface area contributed by atoms with Crippen molar-refractivity contribution in [3.05, 3.63) is 17.1 Å². The van der Waals surface area contributed by atoms with E-state index in [0.717, 1.165) is 48.6 Å². The largest absolute Gasteiger partial charge is 0.356 e. The first-order valence-corrected chi connectivity index (χ1v) is 7.28. The third-order valence-corrected chi connectivity index (χ3v) is 5.01. The highest BCUT2D eigenvalue weighted by molar-refractivity contribution is 7.19. The Morgan fingerprint density at radius 1 is 1.37 bits per heavy atom. The monoisotopic (exact) mass is 274 g/mol. The highest BCUT2D eigenvalue weighted by Crippen LogP contribution is 2.36. The molecule has 0 unspecified atom stereocenters. The highest BCUT2D eigenvalue weighted by Gasteiger charge is 2.43. The molecule has 19 heavy (non-hydrogen) atoms. The summed E-state index contributed by atoms with van der Waals surface area (Å²) in [5, 5.41) is 3.86. The van der Waals surface area contributed by atoms with E-state index in [1.807, 2.05) is 12.1 Å². The van der Waals surface area contributed by atoms with Gasteiger partial charge in [-0.05, 0) is 18.6 Å². The number of aldehydes is 1. The van der Waals surface area contributed by atoms with E-state index >= 15 is 0 Å². The van der Waals surface area contributed by atoms with Gasteiger partial charge in [-0.2, -0.15) is 0 Å². The molecule has 2 aliphatic heterocycles. The number of rotatable bonds is 2. The van der Waals surface area contributed by atoms with Crippen LogP contribution in [0.25, 0.3) is 10.3 Å². The van der Waals surface area contributed by atoms with Gasteiger partial charge < -0.3 is 10.2 Å². The molecule has 2 aliphatic rings. The third kappa shape index (κ3) is 1.74. The van der Waals surface area contributed by atoms with Gasteiger partial charge in [0.1, 0.15) is 16.2 Å². The molecule has 0 amide bonds. The summed E-state index contributed by atoms with van der Waals surface area (Å²) in [5.74, 6) is 1.01. The fourth-order valence-corrected chi connectivity index (χ4v) is 3.70. The first-order valence-electron chi connectivity index (χ1n) is 6.47. The fraction of sp³-hybridized carbons (Fsp3) is 0.462. The number of anilines is 1. The van der Waals surface area contributed by atoms with Gasteiger partial charge in [-0.15, -0.1) is 0 Å². The molecule has 2 saturated heterocycles. The lowest BCUT2D eigenvalue weighted by atomic mass is 9.81. The van der Waals surface area contributed by atoms with E-state index in [9.17, 15) is 4.79 Å². The average molecular weight is 274 g/mol. The van der Waals surface area contributed by atoms with Gasteiger partial charge in [0.25, 0.3) is 0 Å². The van der Waals surface area contributed by atoms with Gasteiger partial charge in [0.2, 0.25) is 0 Å². The van der Waals surface area contributed by atoms with Crippen molar-refractivity contribution in [3.63, 3.8) is 0 Å². The molecule has 2 aromatic heterocycles. The average Bonchev–Trinajstić information content (AvgIpc) is 3.01. The molecule has 98 valence electrons. The van der Waals surface area contributed by atoms with Gasteiger partial charge in [0.15, 0.2) is 11.3 Å². The minimum absolute atomic E-state index is 0.471. The van der Waals surface area contributed by atoms with Crippen molar-refractivity contribution in [2.75, 3.05) is 31.1 Å². The lowest BCUT2D eigenvalue weighted by Crippen LogP contribution is -2.54. The molecule has 1 spiro atoms. The maximum atomic E-state index is 10.8. The molecule has 0 aromatic carbocycles. The van der Waals surface area contributed by atoms with Crippen molar-refractivity contribution in [1.82, 2.24) is 15.3 Å². The Balaban J connectivity index is 1.66. The predicted octanol–water partition coefficient (Wildman–Crippen LogP) is 1.30. The zero-order chi connectivity index (χ0) is 12.9. The van der Waals surface area contributed by atoms with Gasteiger partial charge in [-0.25, -0.2) is 9.97 Å². The van der Waals surface area contributed by atoms with Crippen molar-refractivity contribution >= 4 is 33.8 Å². The lowest BCUT2D eigenvalue weighted by molar-refractivity contribution is 0.112. The number of nitrogens with zero attached hydrogens (tertiary/aromatic N) is 3. The van der Waals surface area contributed by atoms with Crippen molar-refractivity contribution in [2.24, 2.45) is 5.41 Å². The Kier molecular flexibility index (Phi) is 2.37. The quantitative estimate of drug-likeness (QED) is 0.837. The molecular weight excluding hydrogens is 260 g/mol. The zero-order valence-electron chi connectivity index (χ0n) is 10.4. The molecule has 0 atom stereocenters. The Bertz CT molecular complexity index is 649. The minimum atomic E-state index is 0.471. The zero-order valence-corrected chi connectivity index (χ0v) is 11.2. The van der Waals surface area contributed by atoms with Crippen LogP contribution in [0.4, 0.5) is 5.82 Å². The van der Waals surface area contributed by atoms with E-state index in [1.54, 1.807) is 0 Å². The summed E-state index contributed by atoms with van der Waals surface area (Å²) < 4.78 is 0. The van der Waals surface area contributed by atoms with E-state index in [-0.39, 0.29) is 0 Å². The molecule has 0 radical (unpaired) electrons. The number of carbonyl (C=O) groups is 1. The van der Waals surface area contributed by atoms with Gasteiger partial charge >= 0.3 is 0 Å². The number of carbonyl (C=O) groups excluding carboxylic acids is 1. The molecule has 2 aromatic rings. The van der Waals surface area contributed by atoms with E-state index in [1.165, 1.54) is 17.8 Å². The summed E-state index contributed by atoms with van der Waals surface area (Å²) in [6.45, 7) is 4.40. The molecule has 5 nitrogen and oxygen atoms in total. The van der Waals surface area contributed by atoms with E-state index in [0.29, 0.717) is 10.4 Å². The topological polar surface area (TPSA) is 58.1 Å². The van der Waals surface area contributed by atoms with Crippen LogP contribution in [0.15, 0.2) is 12.1 Å². The molecule has 4 heterocycles. The predicted molar refractivity (Wildman–Crippen MR) is 74.9 cm³/mol. The SMILES string of the molecule is O=Cc1nc2ccc(N3CCC4(CNC4)C3)nc2s1. The molecule has 1 N–H and O–H groups in total. The molecule has 0 saturated carbocycles. The summed E-state index contributed by atoms with van der Waals surface area (Å²) in [5.41, 5.74) is 1.29. The van der Waals surface area contributed by atoms with Crippen LogP contribution in [-0.4, -0.2) is 42.4 Å². The van der Waals surface area contributed by atoms with Crippen LogP contribution in [0.2, 0.25) is 0 Å². The Morgan fingerprint density at radius 2 is 2.26 bits per heavy atom. The Morgan fingerprint density at radius 3 is 2.95 bits per heavy atom. The second-order valence-corrected chi connectivity index (χ2v) is 6.45. The second kappa shape index (κ2) is 3.98. The van der Waals surface area contributed by atoms with Crippen LogP contribution >= 0.6 is 11.3 Å². The van der Waals surface area contributed by atoms with E-state index < -0.39 is 0 Å². The minimum Gasteiger partial charge on any atom is -0.356 e. The third-order valence-electron chi connectivity index (χ3n) is 4.12. The fourth-order valence-electron chi connectivity index (χ4n) is 2.95. The van der Waals surface area contributed by atoms with Gasteiger partial charge in [-0.1, -0.05) is 11.3 Å². The Hall–Kier alpha value is -1.53. The van der Waals surface area contributed by atoms with Crippen molar-refractivity contribution in [3.8, 4) is 0 Å². The van der Waals surface area contributed by atoms with Crippen LogP contribution in [-0.2, 0) is 0 Å². The number of aromatic nitrogens is 2. The number of fused-ring (bicyclic) bond motifs is 1. The summed E-state index contributed by atoms with van der Waals surface area (Å²) in [6, 6.07) is 3.98. The summed E-state index contributed by atoms with van der Waals surface area (Å²) in [4.78, 5) is 22.8. The molecule has 0 aliphatic carbocycles. The number of pyridine rings is 1. The molecule has 4 rings (SSSR count). The van der Waals surface area contributed by atoms with Gasteiger partial charge in [0.05, 0.1) is 0 Å². The van der Waals surface area contributed by atoms with Crippen molar-refractivity contribution in [1.29, 1.82) is 0 Å². The number of nitrogens with one attached hydrogen (secondary N) is 1. The van der Waals surface area contributed by atoms with Gasteiger partial charge in [0, 0.05) is 31.6 Å². The van der Waals surface area contributed by atoms with Crippen LogP contribution in [0.1, 0.15) is 16.2 Å². The number of hydrogen-bond acceptors (Lipinski definition) is 6. The van der Waals surface area contributed by atoms with Crippen molar-refractivity contribution in [2.45, 2.75) is 6.42 Å². The smallest absolute Gasteiger partial charge is 0.178 e. The molecule has 6 heteroatoms. The van der Waals surface area contributed by atoms with Crippen LogP contribution < -0.4 is 10.2 Å². The van der Waals surface area contributed by atoms with Crippen LogP contribution in [0.3, 0.4) is 0 Å². The summed E-state index contributed by atoms with van der Waals surface area (Å²) in [6.07, 6.45) is 2.03. The summed E-state index contributed by atoms with van der Waals surface area (Å²) >= 11 is 1.36. The van der Waals surface area contributed by atoms with Gasteiger partial charge in [-0.3, -0.25) is 4.79 Å². The highest BCUT2D eigenvalue weighted by atomic mass is 32.1. The maximum Gasteiger partial charge on any atom is 0.178 e. The lowest BCUT2D eigenvalue weighted by Gasteiger charge is -2.39. The van der Waals surface area contributed by atoms with Crippen LogP contribution in [0.5, 0.6) is 0 Å². The Labute approximate surface area is 114 Å². The van der Waals surface area contributed by atoms with Crippen LogP contribution in [0, 0.1) is 5.41 Å². The molecular formula is C13H14N4OS. The number of thiazole rings is 1. The van der Waals surface area contributed by atoms with E-state index in [2.05, 4.69) is 20.2 Å². The second-order valence-electron chi connectivity index (χ2n) is 5.44. The maximum absolute atomic E-state index is 10.8. The molecule has 2 fully saturated rings. The van der Waals surface area contributed by atoms with Crippen molar-refractivity contribution < 1.29 is 4.79 Å². The summed E-state index contributed by atoms with van der Waals surface area (Å²) in [7, 11) is 0. The standard InChI is InChI=1S/C13H14N4OS/c18-5-11-15-9-1-2-10(16-12(9)19-11)17-4-3-13(8-17)6-14-7-13/h1-2,5,14H,3-4,6-8H2. The first kappa shape index (κ1) is 11.3.